The van der Waals surface area contributed by atoms with Gasteiger partial charge in [-0.1, -0.05) is 210 Å². The lowest BCUT2D eigenvalue weighted by atomic mass is 9.74. The van der Waals surface area contributed by atoms with Crippen molar-refractivity contribution in [2.75, 3.05) is 9.80 Å². The number of nitrogens with zero attached hydrogens (tertiary/aromatic N) is 2. The molecule has 9 aromatic rings. The predicted octanol–water partition coefficient (Wildman–Crippen LogP) is 14.3. The largest absolute Gasteiger partial charge is 0.314 e. The first-order chi connectivity index (χ1) is 33.7. The number of fused-ring (bicyclic) bond motifs is 6. The summed E-state index contributed by atoms with van der Waals surface area (Å²) in [6.07, 6.45) is 5.74. The second-order valence-corrected chi connectivity index (χ2v) is 23.9. The number of hydrogen-bond donors (Lipinski definition) is 0. The second kappa shape index (κ2) is 16.8. The molecule has 3 heteroatoms. The van der Waals surface area contributed by atoms with E-state index in [1.165, 1.54) is 76.8 Å². The molecule has 3 aliphatic carbocycles. The van der Waals surface area contributed by atoms with E-state index in [-0.39, 0.29) is 10.8 Å². The molecule has 2 nitrogen and oxygen atoms in total. The smallest absolute Gasteiger partial charge is 0.179 e. The van der Waals surface area contributed by atoms with E-state index in [4.69, 9.17) is 0 Å². The van der Waals surface area contributed by atoms with Crippen molar-refractivity contribution in [3.8, 4) is 11.1 Å². The molecule has 0 amide bonds. The zero-order chi connectivity index (χ0) is 46.7. The molecule has 0 heterocycles. The third-order valence-electron chi connectivity index (χ3n) is 15.7. The maximum absolute atomic E-state index is 3.06. The van der Waals surface area contributed by atoms with Crippen LogP contribution in [-0.2, 0) is 10.8 Å². The van der Waals surface area contributed by atoms with Gasteiger partial charge in [0.2, 0.25) is 0 Å². The third kappa shape index (κ3) is 6.90. The minimum absolute atomic E-state index is 0.00841. The maximum Gasteiger partial charge on any atom is 0.179 e. The van der Waals surface area contributed by atoms with E-state index in [1.807, 2.05) is 0 Å². The fraction of sp³-hybridized carbons (Fsp3) is 0.121. The molecule has 12 rings (SSSR count). The van der Waals surface area contributed by atoms with Gasteiger partial charge < -0.3 is 9.80 Å². The van der Waals surface area contributed by atoms with Gasteiger partial charge in [-0.3, -0.25) is 0 Å². The Bertz CT molecular complexity index is 3390. The van der Waals surface area contributed by atoms with Gasteiger partial charge in [0, 0.05) is 39.5 Å². The molecule has 0 saturated carbocycles. The minimum Gasteiger partial charge on any atom is -0.314 e. The van der Waals surface area contributed by atoms with Crippen LogP contribution in [0.15, 0.2) is 254 Å². The van der Waals surface area contributed by atoms with E-state index in [9.17, 15) is 0 Å². The highest BCUT2D eigenvalue weighted by Crippen LogP contribution is 2.55. The van der Waals surface area contributed by atoms with Crippen molar-refractivity contribution >= 4 is 62.8 Å². The van der Waals surface area contributed by atoms with Gasteiger partial charge >= 0.3 is 0 Å². The van der Waals surface area contributed by atoms with Crippen LogP contribution in [0, 0.1) is 5.92 Å². The summed E-state index contributed by atoms with van der Waals surface area (Å²) in [7, 11) is -3.06. The van der Waals surface area contributed by atoms with Crippen LogP contribution in [0.25, 0.3) is 16.7 Å². The number of allylic oxidation sites excluding steroid dienone is 4. The van der Waals surface area contributed by atoms with Gasteiger partial charge in [0.25, 0.3) is 0 Å². The van der Waals surface area contributed by atoms with E-state index < -0.39 is 8.07 Å². The summed E-state index contributed by atoms with van der Waals surface area (Å²) < 4.78 is 0. The van der Waals surface area contributed by atoms with Gasteiger partial charge in [-0.05, 0) is 144 Å². The van der Waals surface area contributed by atoms with Gasteiger partial charge in [0.1, 0.15) is 0 Å². The molecule has 334 valence electrons. The van der Waals surface area contributed by atoms with E-state index in [0.717, 1.165) is 23.5 Å². The zero-order valence-corrected chi connectivity index (χ0v) is 40.9. The summed E-state index contributed by atoms with van der Waals surface area (Å²) in [5, 5.41) is 5.34. The molecule has 0 saturated heterocycles. The molecule has 1 unspecified atom stereocenters. The Morgan fingerprint density at radius 3 is 1.42 bits per heavy atom. The monoisotopic (exact) mass is 904 g/mol. The van der Waals surface area contributed by atoms with Crippen LogP contribution in [-0.4, -0.2) is 8.07 Å². The Labute approximate surface area is 409 Å². The summed E-state index contributed by atoms with van der Waals surface area (Å²) in [5.74, 6) is 0.369. The summed E-state index contributed by atoms with van der Waals surface area (Å²) in [4.78, 5) is 5.00. The molecule has 69 heavy (non-hydrogen) atoms. The topological polar surface area (TPSA) is 6.48 Å². The number of benzene rings is 9. The molecule has 0 radical (unpaired) electrons. The fourth-order valence-electron chi connectivity index (χ4n) is 12.3. The zero-order valence-electron chi connectivity index (χ0n) is 39.9. The average molecular weight is 905 g/mol. The molecule has 3 aliphatic rings. The number of hydrogen-bond acceptors (Lipinski definition) is 2. The molecule has 0 fully saturated rings. The Kier molecular flexibility index (Phi) is 10.4. The van der Waals surface area contributed by atoms with Crippen LogP contribution in [0.2, 0.25) is 0 Å². The van der Waals surface area contributed by atoms with Crippen molar-refractivity contribution in [1.29, 1.82) is 0 Å². The van der Waals surface area contributed by atoms with Crippen LogP contribution in [0.1, 0.15) is 56.4 Å². The second-order valence-electron chi connectivity index (χ2n) is 20.1. The normalized spacial score (nSPS) is 16.0. The maximum atomic E-state index is 2.53. The molecular formula is C66H56N2Si. The van der Waals surface area contributed by atoms with Crippen molar-refractivity contribution < 1.29 is 0 Å². The summed E-state index contributed by atoms with van der Waals surface area (Å²) in [5.41, 5.74) is 16.6. The van der Waals surface area contributed by atoms with Gasteiger partial charge in [0.05, 0.1) is 0 Å². The summed E-state index contributed by atoms with van der Waals surface area (Å²) in [6, 6.07) is 88.7. The lowest BCUT2D eigenvalue weighted by Crippen LogP contribution is -2.74. The van der Waals surface area contributed by atoms with Crippen LogP contribution in [0.4, 0.5) is 28.4 Å². The van der Waals surface area contributed by atoms with Gasteiger partial charge in [-0.25, -0.2) is 0 Å². The minimum atomic E-state index is -3.06. The van der Waals surface area contributed by atoms with E-state index in [0.29, 0.717) is 5.92 Å². The van der Waals surface area contributed by atoms with Crippen LogP contribution in [0.3, 0.4) is 0 Å². The van der Waals surface area contributed by atoms with Crippen molar-refractivity contribution in [1.82, 2.24) is 0 Å². The van der Waals surface area contributed by atoms with E-state index in [2.05, 4.69) is 286 Å². The Morgan fingerprint density at radius 2 is 0.812 bits per heavy atom. The van der Waals surface area contributed by atoms with Crippen molar-refractivity contribution in [2.24, 2.45) is 5.92 Å². The first-order valence-electron chi connectivity index (χ1n) is 24.5. The SMILES string of the molecule is CC1(C)c2ccccc2-c2ccc(N(c3ccccc3)c3cccc([Si](c4ccccc4)(c4ccccc4)c4cccc(N(C5=CC=C6c7ccccc7C(C)(C)C6C5)c5ccccc5)c4)c3)cc21. The van der Waals surface area contributed by atoms with Crippen LogP contribution >= 0.6 is 0 Å². The lowest BCUT2D eigenvalue weighted by Gasteiger charge is -2.38. The van der Waals surface area contributed by atoms with Crippen molar-refractivity contribution in [3.05, 3.63) is 277 Å². The van der Waals surface area contributed by atoms with Gasteiger partial charge in [-0.15, -0.1) is 0 Å². The molecule has 1 atom stereocenters. The quantitative estimate of drug-likeness (QED) is 0.0997. The predicted molar refractivity (Wildman–Crippen MR) is 295 cm³/mol. The highest BCUT2D eigenvalue weighted by atomic mass is 28.3. The number of anilines is 5. The van der Waals surface area contributed by atoms with Crippen molar-refractivity contribution in [3.63, 3.8) is 0 Å². The summed E-state index contributed by atoms with van der Waals surface area (Å²) >= 11 is 0. The fourth-order valence-corrected chi connectivity index (χ4v) is 17.1. The first kappa shape index (κ1) is 42.6. The standard InChI is InChI=1S/C66H56N2Si/c1-65(2)61-37-19-17-35-57(61)59-41-39-51(45-63(59)65)67(47-23-9-5-10-24-47)49-27-21-33-55(43-49)69(53-29-13-7-14-30-53,54-31-15-8-16-32-54)56-34-22-28-50(44-56)68(48-25-11-6-12-26-48)52-40-42-60-58-36-18-20-38-62(58)66(3,4)64(60)46-52/h5-45,64H,46H2,1-4H3. The molecule has 0 N–H and O–H groups in total. The first-order valence-corrected chi connectivity index (χ1v) is 26.5. The molecule has 0 aliphatic heterocycles. The Morgan fingerprint density at radius 1 is 0.362 bits per heavy atom. The highest BCUT2D eigenvalue weighted by molar-refractivity contribution is 7.20. The highest BCUT2D eigenvalue weighted by Gasteiger charge is 2.45. The van der Waals surface area contributed by atoms with E-state index in [1.54, 1.807) is 0 Å². The molecule has 0 aromatic heterocycles. The van der Waals surface area contributed by atoms with Crippen molar-refractivity contribution in [2.45, 2.75) is 44.9 Å². The van der Waals surface area contributed by atoms with E-state index >= 15 is 0 Å². The number of para-hydroxylation sites is 2. The molecule has 0 spiro atoms. The van der Waals surface area contributed by atoms with Gasteiger partial charge in [0.15, 0.2) is 8.07 Å². The molecule has 9 aromatic carbocycles. The summed E-state index contributed by atoms with van der Waals surface area (Å²) in [6.45, 7) is 9.61. The van der Waals surface area contributed by atoms with Crippen LogP contribution in [0.5, 0.6) is 0 Å². The molecule has 0 bridgehead atoms. The molecular weight excluding hydrogens is 849 g/mol. The Hall–Kier alpha value is -7.72. The lowest BCUT2D eigenvalue weighted by molar-refractivity contribution is 0.406. The van der Waals surface area contributed by atoms with Gasteiger partial charge in [-0.2, -0.15) is 0 Å². The third-order valence-corrected chi connectivity index (χ3v) is 20.4. The van der Waals surface area contributed by atoms with Crippen LogP contribution < -0.4 is 30.5 Å². The Balaban J connectivity index is 1.05. The average Bonchev–Trinajstić information content (AvgIpc) is 3.77. The number of rotatable bonds is 10.